The second-order valence-corrected chi connectivity index (χ2v) is 5.23. The Bertz CT molecular complexity index is 573. The number of fused-ring (bicyclic) bond motifs is 1. The van der Waals surface area contributed by atoms with Crippen LogP contribution in [0.1, 0.15) is 17.5 Å². The second-order valence-electron chi connectivity index (χ2n) is 5.23. The van der Waals surface area contributed by atoms with Crippen LogP contribution in [-0.2, 0) is 13.0 Å². The summed E-state index contributed by atoms with van der Waals surface area (Å²) in [5, 5.41) is 4.23. The first-order chi connectivity index (χ1) is 9.22. The van der Waals surface area contributed by atoms with Crippen LogP contribution in [0, 0.1) is 6.92 Å². The molecule has 19 heavy (non-hydrogen) atoms. The number of benzene rings is 1. The smallest absolute Gasteiger partial charge is 0.145 e. The van der Waals surface area contributed by atoms with Crippen LogP contribution in [0.15, 0.2) is 30.5 Å². The van der Waals surface area contributed by atoms with E-state index in [9.17, 15) is 0 Å². The van der Waals surface area contributed by atoms with Gasteiger partial charge in [0, 0.05) is 25.0 Å². The van der Waals surface area contributed by atoms with Crippen LogP contribution in [0.2, 0.25) is 0 Å². The van der Waals surface area contributed by atoms with Crippen LogP contribution < -0.4 is 10.6 Å². The molecule has 0 saturated carbocycles. The van der Waals surface area contributed by atoms with Crippen LogP contribution in [0.25, 0.3) is 0 Å². The highest BCUT2D eigenvalue weighted by molar-refractivity contribution is 5.56. The number of hydrogen-bond donors (Lipinski definition) is 1. The summed E-state index contributed by atoms with van der Waals surface area (Å²) < 4.78 is 1.91. The van der Waals surface area contributed by atoms with Gasteiger partial charge in [0.2, 0.25) is 0 Å². The lowest BCUT2D eigenvalue weighted by Crippen LogP contribution is -2.32. The fraction of sp³-hybridized carbons (Fsp3) is 0.400. The fourth-order valence-corrected chi connectivity index (χ4v) is 2.76. The molecule has 1 aliphatic heterocycles. The first-order valence-corrected chi connectivity index (χ1v) is 6.86. The molecule has 100 valence electrons. The maximum absolute atomic E-state index is 5.63. The first-order valence-electron chi connectivity index (χ1n) is 6.86. The van der Waals surface area contributed by atoms with Gasteiger partial charge in [-0.2, -0.15) is 5.10 Å². The van der Waals surface area contributed by atoms with E-state index in [1.54, 1.807) is 0 Å². The Balaban J connectivity index is 1.73. The predicted molar refractivity (Wildman–Crippen MR) is 78.4 cm³/mol. The molecule has 0 aliphatic carbocycles. The molecule has 1 aliphatic rings. The lowest BCUT2D eigenvalue weighted by atomic mass is 10.00. The largest absolute Gasteiger partial charge is 0.382 e. The van der Waals surface area contributed by atoms with E-state index in [0.29, 0.717) is 5.82 Å². The van der Waals surface area contributed by atoms with Crippen molar-refractivity contribution >= 4 is 11.5 Å². The zero-order valence-electron chi connectivity index (χ0n) is 11.3. The normalized spacial score (nSPS) is 14.5. The summed E-state index contributed by atoms with van der Waals surface area (Å²) in [6.45, 7) is 5.15. The number of rotatable bonds is 3. The Hall–Kier alpha value is -1.97. The molecule has 1 aromatic heterocycles. The van der Waals surface area contributed by atoms with Gasteiger partial charge in [0.15, 0.2) is 0 Å². The lowest BCUT2D eigenvalue weighted by Gasteiger charge is -2.31. The number of nitrogens with zero attached hydrogens (tertiary/aromatic N) is 3. The minimum Gasteiger partial charge on any atom is -0.382 e. The fourth-order valence-electron chi connectivity index (χ4n) is 2.76. The molecule has 0 unspecified atom stereocenters. The van der Waals surface area contributed by atoms with Crippen molar-refractivity contribution in [3.63, 3.8) is 0 Å². The molecule has 0 atom stereocenters. The molecule has 0 bridgehead atoms. The molecule has 2 N–H and O–H groups in total. The molecule has 4 nitrogen and oxygen atoms in total. The first kappa shape index (κ1) is 12.1. The zero-order valence-corrected chi connectivity index (χ0v) is 11.3. The molecule has 0 fully saturated rings. The summed E-state index contributed by atoms with van der Waals surface area (Å²) in [5.74, 6) is 0.592. The van der Waals surface area contributed by atoms with E-state index >= 15 is 0 Å². The van der Waals surface area contributed by atoms with E-state index in [1.807, 2.05) is 16.9 Å². The number of aromatic nitrogens is 2. The third-order valence-electron chi connectivity index (χ3n) is 3.71. The molecular weight excluding hydrogens is 236 g/mol. The maximum atomic E-state index is 5.63. The van der Waals surface area contributed by atoms with E-state index in [0.717, 1.165) is 19.6 Å². The van der Waals surface area contributed by atoms with Gasteiger partial charge in [-0.15, -0.1) is 0 Å². The quantitative estimate of drug-likeness (QED) is 0.916. The summed E-state index contributed by atoms with van der Waals surface area (Å²) >= 11 is 0. The van der Waals surface area contributed by atoms with Crippen molar-refractivity contribution in [2.75, 3.05) is 23.7 Å². The van der Waals surface area contributed by atoms with Crippen molar-refractivity contribution in [1.29, 1.82) is 0 Å². The highest BCUT2D eigenvalue weighted by Gasteiger charge is 2.16. The lowest BCUT2D eigenvalue weighted by molar-refractivity contribution is 0.580. The number of hydrogen-bond acceptors (Lipinski definition) is 3. The molecule has 4 heteroatoms. The zero-order chi connectivity index (χ0) is 13.2. The van der Waals surface area contributed by atoms with Gasteiger partial charge in [0.25, 0.3) is 0 Å². The molecule has 0 radical (unpaired) electrons. The Morgan fingerprint density at radius 1 is 1.26 bits per heavy atom. The van der Waals surface area contributed by atoms with Crippen molar-refractivity contribution in [3.05, 3.63) is 41.6 Å². The molecule has 2 aromatic rings. The van der Waals surface area contributed by atoms with Crippen LogP contribution in [-0.4, -0.2) is 22.9 Å². The van der Waals surface area contributed by atoms with E-state index in [-0.39, 0.29) is 0 Å². The monoisotopic (exact) mass is 256 g/mol. The van der Waals surface area contributed by atoms with Gasteiger partial charge in [0.05, 0.1) is 6.54 Å². The SMILES string of the molecule is Cc1ccc2c(c1)CCCN2CCn1ccc(N)n1. The van der Waals surface area contributed by atoms with Crippen molar-refractivity contribution in [2.45, 2.75) is 26.3 Å². The molecule has 0 spiro atoms. The third-order valence-corrected chi connectivity index (χ3v) is 3.71. The summed E-state index contributed by atoms with van der Waals surface area (Å²) in [6.07, 6.45) is 4.37. The minimum atomic E-state index is 0.592. The molecular formula is C15H20N4. The van der Waals surface area contributed by atoms with E-state index < -0.39 is 0 Å². The average Bonchev–Trinajstić information content (AvgIpc) is 2.81. The molecule has 0 saturated heterocycles. The topological polar surface area (TPSA) is 47.1 Å². The number of anilines is 2. The third kappa shape index (κ3) is 2.57. The van der Waals surface area contributed by atoms with E-state index in [1.165, 1.54) is 29.7 Å². The van der Waals surface area contributed by atoms with Crippen LogP contribution in [0.3, 0.4) is 0 Å². The van der Waals surface area contributed by atoms with Crippen molar-refractivity contribution in [2.24, 2.45) is 0 Å². The van der Waals surface area contributed by atoms with Gasteiger partial charge in [-0.05, 0) is 37.5 Å². The summed E-state index contributed by atoms with van der Waals surface area (Å²) in [7, 11) is 0. The summed E-state index contributed by atoms with van der Waals surface area (Å²) in [6, 6.07) is 8.60. The number of nitrogen functional groups attached to an aromatic ring is 1. The van der Waals surface area contributed by atoms with Gasteiger partial charge in [0.1, 0.15) is 5.82 Å². The maximum Gasteiger partial charge on any atom is 0.145 e. The van der Waals surface area contributed by atoms with Gasteiger partial charge < -0.3 is 10.6 Å². The van der Waals surface area contributed by atoms with Crippen molar-refractivity contribution in [1.82, 2.24) is 9.78 Å². The van der Waals surface area contributed by atoms with Gasteiger partial charge >= 0.3 is 0 Å². The van der Waals surface area contributed by atoms with E-state index in [4.69, 9.17) is 5.73 Å². The highest BCUT2D eigenvalue weighted by atomic mass is 15.3. The predicted octanol–water partition coefficient (Wildman–Crippen LogP) is 2.23. The Kier molecular flexibility index (Phi) is 3.15. The van der Waals surface area contributed by atoms with Crippen LogP contribution in [0.5, 0.6) is 0 Å². The molecule has 1 aromatic carbocycles. The summed E-state index contributed by atoms with van der Waals surface area (Å²) in [4.78, 5) is 2.45. The van der Waals surface area contributed by atoms with E-state index in [2.05, 4.69) is 35.1 Å². The second kappa shape index (κ2) is 4.96. The molecule has 2 heterocycles. The summed E-state index contributed by atoms with van der Waals surface area (Å²) in [5.41, 5.74) is 9.85. The Morgan fingerprint density at radius 2 is 2.16 bits per heavy atom. The molecule has 0 amide bonds. The Labute approximate surface area is 113 Å². The van der Waals surface area contributed by atoms with Crippen molar-refractivity contribution in [3.8, 4) is 0 Å². The van der Waals surface area contributed by atoms with Gasteiger partial charge in [-0.1, -0.05) is 17.7 Å². The average molecular weight is 256 g/mol. The number of aryl methyl sites for hydroxylation is 2. The highest BCUT2D eigenvalue weighted by Crippen LogP contribution is 2.27. The van der Waals surface area contributed by atoms with Gasteiger partial charge in [-0.3, -0.25) is 4.68 Å². The van der Waals surface area contributed by atoms with Crippen molar-refractivity contribution < 1.29 is 0 Å². The molecule has 3 rings (SSSR count). The van der Waals surface area contributed by atoms with Crippen LogP contribution >= 0.6 is 0 Å². The van der Waals surface area contributed by atoms with Gasteiger partial charge in [-0.25, -0.2) is 0 Å². The Morgan fingerprint density at radius 3 is 2.95 bits per heavy atom. The van der Waals surface area contributed by atoms with Crippen LogP contribution in [0.4, 0.5) is 11.5 Å². The standard InChI is InChI=1S/C15H20N4/c1-12-4-5-14-13(11-12)3-2-7-18(14)9-10-19-8-6-15(16)17-19/h4-6,8,11H,2-3,7,9-10H2,1H3,(H2,16,17). The minimum absolute atomic E-state index is 0.592. The number of nitrogens with two attached hydrogens (primary N) is 1.